The van der Waals surface area contributed by atoms with Crippen LogP contribution in [0.1, 0.15) is 78.7 Å². The quantitative estimate of drug-likeness (QED) is 0.503. The number of carbonyl (C=O) groups excluding carboxylic acids is 1. The number of halogens is 1. The van der Waals surface area contributed by atoms with E-state index in [0.717, 1.165) is 57.4 Å². The SMILES string of the molecule is O=C(NC(CCCCCCCc1ccc2c(n1)CCCC2)C(=O)O)c1cccc(F)c1. The number of carboxylic acid groups (broad SMARTS) is 1. The molecule has 1 unspecified atom stereocenters. The van der Waals surface area contributed by atoms with Crippen molar-refractivity contribution in [3.63, 3.8) is 0 Å². The van der Waals surface area contributed by atoms with Gasteiger partial charge in [0.25, 0.3) is 5.91 Å². The number of hydrogen-bond donors (Lipinski definition) is 2. The predicted octanol–water partition coefficient (Wildman–Crippen LogP) is 4.87. The number of benzene rings is 1. The zero-order valence-corrected chi connectivity index (χ0v) is 17.9. The zero-order valence-electron chi connectivity index (χ0n) is 17.9. The summed E-state index contributed by atoms with van der Waals surface area (Å²) in [5, 5.41) is 11.9. The average Bonchev–Trinajstić information content (AvgIpc) is 2.77. The minimum atomic E-state index is -1.07. The number of aryl methyl sites for hydroxylation is 3. The maximum atomic E-state index is 13.3. The molecule has 2 aromatic rings. The molecule has 0 radical (unpaired) electrons. The van der Waals surface area contributed by atoms with Crippen LogP contribution in [0.3, 0.4) is 0 Å². The molecular weight excluding hydrogens is 395 g/mol. The lowest BCUT2D eigenvalue weighted by molar-refractivity contribution is -0.139. The van der Waals surface area contributed by atoms with Crippen LogP contribution in [0.15, 0.2) is 36.4 Å². The second-order valence-corrected chi connectivity index (χ2v) is 8.30. The summed E-state index contributed by atoms with van der Waals surface area (Å²) in [6.45, 7) is 0. The number of fused-ring (bicyclic) bond motifs is 1. The van der Waals surface area contributed by atoms with E-state index in [-0.39, 0.29) is 5.56 Å². The number of nitrogens with one attached hydrogen (secondary N) is 1. The predicted molar refractivity (Wildman–Crippen MR) is 118 cm³/mol. The van der Waals surface area contributed by atoms with Crippen molar-refractivity contribution in [2.24, 2.45) is 0 Å². The number of nitrogens with zero attached hydrogens (tertiary/aromatic N) is 1. The Bertz CT molecular complexity index is 900. The van der Waals surface area contributed by atoms with Gasteiger partial charge in [0.1, 0.15) is 11.9 Å². The first-order valence-corrected chi connectivity index (χ1v) is 11.3. The highest BCUT2D eigenvalue weighted by molar-refractivity contribution is 5.96. The number of pyridine rings is 1. The van der Waals surface area contributed by atoms with Crippen LogP contribution in [-0.2, 0) is 24.1 Å². The summed E-state index contributed by atoms with van der Waals surface area (Å²) in [5.74, 6) is -2.15. The molecule has 166 valence electrons. The van der Waals surface area contributed by atoms with Gasteiger partial charge in [-0.05, 0) is 74.8 Å². The third kappa shape index (κ3) is 7.16. The molecule has 3 rings (SSSR count). The van der Waals surface area contributed by atoms with Gasteiger partial charge in [0.05, 0.1) is 0 Å². The highest BCUT2D eigenvalue weighted by Crippen LogP contribution is 2.20. The van der Waals surface area contributed by atoms with Gasteiger partial charge in [0.15, 0.2) is 0 Å². The second kappa shape index (κ2) is 11.6. The molecule has 0 saturated carbocycles. The molecule has 5 nitrogen and oxygen atoms in total. The minimum Gasteiger partial charge on any atom is -0.480 e. The van der Waals surface area contributed by atoms with Crippen molar-refractivity contribution < 1.29 is 19.1 Å². The lowest BCUT2D eigenvalue weighted by Crippen LogP contribution is -2.40. The van der Waals surface area contributed by atoms with Crippen LogP contribution in [0.4, 0.5) is 4.39 Å². The van der Waals surface area contributed by atoms with Crippen LogP contribution in [0.5, 0.6) is 0 Å². The third-order valence-corrected chi connectivity index (χ3v) is 5.85. The second-order valence-electron chi connectivity index (χ2n) is 8.30. The topological polar surface area (TPSA) is 79.3 Å². The lowest BCUT2D eigenvalue weighted by atomic mass is 9.95. The molecule has 0 fully saturated rings. The number of unbranched alkanes of at least 4 members (excludes halogenated alkanes) is 4. The van der Waals surface area contributed by atoms with Crippen LogP contribution in [0.2, 0.25) is 0 Å². The Morgan fingerprint density at radius 2 is 1.81 bits per heavy atom. The van der Waals surface area contributed by atoms with E-state index in [1.165, 1.54) is 48.0 Å². The molecule has 1 atom stereocenters. The van der Waals surface area contributed by atoms with Gasteiger partial charge in [-0.25, -0.2) is 9.18 Å². The summed E-state index contributed by atoms with van der Waals surface area (Å²) in [5.41, 5.74) is 3.99. The number of hydrogen-bond acceptors (Lipinski definition) is 3. The maximum absolute atomic E-state index is 13.3. The number of carboxylic acids is 1. The summed E-state index contributed by atoms with van der Waals surface area (Å²) in [4.78, 5) is 28.4. The Morgan fingerprint density at radius 1 is 1.03 bits per heavy atom. The maximum Gasteiger partial charge on any atom is 0.326 e. The van der Waals surface area contributed by atoms with E-state index >= 15 is 0 Å². The zero-order chi connectivity index (χ0) is 22.1. The van der Waals surface area contributed by atoms with Crippen molar-refractivity contribution in [2.45, 2.75) is 76.7 Å². The van der Waals surface area contributed by atoms with Gasteiger partial charge in [-0.2, -0.15) is 0 Å². The smallest absolute Gasteiger partial charge is 0.326 e. The Labute approximate surface area is 183 Å². The first-order chi connectivity index (χ1) is 15.0. The fourth-order valence-corrected chi connectivity index (χ4v) is 4.08. The Morgan fingerprint density at radius 3 is 2.61 bits per heavy atom. The highest BCUT2D eigenvalue weighted by Gasteiger charge is 2.20. The van der Waals surface area contributed by atoms with Crippen LogP contribution in [0, 0.1) is 5.82 Å². The van der Waals surface area contributed by atoms with E-state index in [0.29, 0.717) is 6.42 Å². The molecule has 1 aliphatic carbocycles. The van der Waals surface area contributed by atoms with Gasteiger partial charge in [-0.3, -0.25) is 9.78 Å². The van der Waals surface area contributed by atoms with Crippen molar-refractivity contribution in [1.29, 1.82) is 0 Å². The van der Waals surface area contributed by atoms with Crippen LogP contribution in [-0.4, -0.2) is 28.0 Å². The summed E-state index contributed by atoms with van der Waals surface area (Å²) >= 11 is 0. The number of carbonyl (C=O) groups is 2. The molecule has 1 aromatic carbocycles. The van der Waals surface area contributed by atoms with Crippen LogP contribution >= 0.6 is 0 Å². The van der Waals surface area contributed by atoms with E-state index in [9.17, 15) is 19.1 Å². The first-order valence-electron chi connectivity index (χ1n) is 11.3. The Balaban J connectivity index is 1.33. The van der Waals surface area contributed by atoms with Gasteiger partial charge in [0.2, 0.25) is 0 Å². The number of rotatable bonds is 11. The number of aliphatic carboxylic acids is 1. The summed E-state index contributed by atoms with van der Waals surface area (Å²) in [6, 6.07) is 8.67. The first kappa shape index (κ1) is 22.9. The van der Waals surface area contributed by atoms with E-state index in [2.05, 4.69) is 17.4 Å². The van der Waals surface area contributed by atoms with Crippen molar-refractivity contribution in [3.05, 3.63) is 64.7 Å². The molecular formula is C25H31FN2O3. The van der Waals surface area contributed by atoms with Gasteiger partial charge in [-0.15, -0.1) is 0 Å². The van der Waals surface area contributed by atoms with Crippen molar-refractivity contribution in [1.82, 2.24) is 10.3 Å². The van der Waals surface area contributed by atoms with E-state index < -0.39 is 23.7 Å². The monoisotopic (exact) mass is 426 g/mol. The number of aromatic nitrogens is 1. The lowest BCUT2D eigenvalue weighted by Gasteiger charge is -2.15. The molecule has 0 saturated heterocycles. The van der Waals surface area contributed by atoms with Crippen molar-refractivity contribution >= 4 is 11.9 Å². The average molecular weight is 427 g/mol. The van der Waals surface area contributed by atoms with E-state index in [1.807, 2.05) is 0 Å². The van der Waals surface area contributed by atoms with Crippen molar-refractivity contribution in [3.8, 4) is 0 Å². The molecule has 1 aromatic heterocycles. The van der Waals surface area contributed by atoms with E-state index in [4.69, 9.17) is 4.98 Å². The standard InChI is InChI=1S/C25H31FN2O3/c26-20-11-8-10-19(17-20)24(29)28-23(25(30)31)14-5-3-1-2-4-12-21-16-15-18-9-6-7-13-22(18)27-21/h8,10-11,15-17,23H,1-7,9,12-14H2,(H,28,29)(H,30,31). The normalized spacial score (nSPS) is 14.0. The highest BCUT2D eigenvalue weighted by atomic mass is 19.1. The Hall–Kier alpha value is -2.76. The van der Waals surface area contributed by atoms with Gasteiger partial charge in [-0.1, -0.05) is 37.8 Å². The Kier molecular flexibility index (Phi) is 8.56. The van der Waals surface area contributed by atoms with Crippen LogP contribution < -0.4 is 5.32 Å². The number of amides is 1. The summed E-state index contributed by atoms with van der Waals surface area (Å²) in [6.07, 6.45) is 10.9. The molecule has 1 aliphatic rings. The van der Waals surface area contributed by atoms with Gasteiger partial charge < -0.3 is 10.4 Å². The molecule has 0 bridgehead atoms. The fraction of sp³-hybridized carbons (Fsp3) is 0.480. The van der Waals surface area contributed by atoms with Crippen molar-refractivity contribution in [2.75, 3.05) is 0 Å². The molecule has 6 heteroatoms. The minimum absolute atomic E-state index is 0.127. The summed E-state index contributed by atoms with van der Waals surface area (Å²) < 4.78 is 13.3. The van der Waals surface area contributed by atoms with E-state index in [1.54, 1.807) is 0 Å². The summed E-state index contributed by atoms with van der Waals surface area (Å²) in [7, 11) is 0. The van der Waals surface area contributed by atoms with Gasteiger partial charge in [0, 0.05) is 17.0 Å². The molecule has 0 aliphatic heterocycles. The molecule has 0 spiro atoms. The van der Waals surface area contributed by atoms with Crippen LogP contribution in [0.25, 0.3) is 0 Å². The molecule has 1 heterocycles. The van der Waals surface area contributed by atoms with Gasteiger partial charge >= 0.3 is 5.97 Å². The largest absolute Gasteiger partial charge is 0.480 e. The molecule has 31 heavy (non-hydrogen) atoms. The fourth-order valence-electron chi connectivity index (χ4n) is 4.08. The molecule has 1 amide bonds. The third-order valence-electron chi connectivity index (χ3n) is 5.85. The molecule has 2 N–H and O–H groups in total.